The Balaban J connectivity index is 2.33. The van der Waals surface area contributed by atoms with Crippen molar-refractivity contribution in [3.63, 3.8) is 0 Å². The Morgan fingerprint density at radius 3 is 2.45 bits per heavy atom. The minimum absolute atomic E-state index is 0.0889. The third kappa shape index (κ3) is 3.45. The molecule has 1 unspecified atom stereocenters. The van der Waals surface area contributed by atoms with Gasteiger partial charge in [-0.05, 0) is 59.6 Å². The zero-order valence-corrected chi connectivity index (χ0v) is 13.7. The second kappa shape index (κ2) is 6.78. The molecule has 5 heteroatoms. The molecule has 0 aliphatic heterocycles. The topological polar surface area (TPSA) is 12.0 Å². The summed E-state index contributed by atoms with van der Waals surface area (Å²) in [6.45, 7) is 4.75. The lowest BCUT2D eigenvalue weighted by molar-refractivity contribution is 0.499. The van der Waals surface area contributed by atoms with E-state index in [1.807, 2.05) is 19.9 Å². The lowest BCUT2D eigenvalue weighted by Gasteiger charge is -2.19. The van der Waals surface area contributed by atoms with Crippen LogP contribution in [0.2, 0.25) is 0 Å². The molecule has 0 bridgehead atoms. The van der Waals surface area contributed by atoms with Gasteiger partial charge < -0.3 is 5.32 Å². The summed E-state index contributed by atoms with van der Waals surface area (Å²) in [5.41, 5.74) is 1.23. The summed E-state index contributed by atoms with van der Waals surface area (Å²) >= 11 is 5.09. The van der Waals surface area contributed by atoms with Crippen LogP contribution >= 0.6 is 27.3 Å². The Morgan fingerprint density at radius 2 is 1.95 bits per heavy atom. The van der Waals surface area contributed by atoms with E-state index in [0.29, 0.717) is 6.42 Å². The van der Waals surface area contributed by atoms with Crippen molar-refractivity contribution in [2.45, 2.75) is 26.3 Å². The van der Waals surface area contributed by atoms with Gasteiger partial charge in [-0.25, -0.2) is 8.78 Å². The van der Waals surface area contributed by atoms with E-state index in [0.717, 1.165) is 20.8 Å². The molecule has 1 N–H and O–H groups in total. The number of thiophene rings is 1. The molecule has 1 aromatic heterocycles. The van der Waals surface area contributed by atoms with Crippen LogP contribution in [0.25, 0.3) is 0 Å². The number of benzene rings is 1. The lowest BCUT2D eigenvalue weighted by Crippen LogP contribution is -2.24. The number of aryl methyl sites for hydroxylation is 1. The van der Waals surface area contributed by atoms with Crippen LogP contribution in [-0.4, -0.2) is 6.54 Å². The first-order valence-electron chi connectivity index (χ1n) is 6.45. The van der Waals surface area contributed by atoms with E-state index in [4.69, 9.17) is 0 Å². The summed E-state index contributed by atoms with van der Waals surface area (Å²) in [5, 5.41) is 3.31. The van der Waals surface area contributed by atoms with Gasteiger partial charge in [0.05, 0.1) is 3.79 Å². The van der Waals surface area contributed by atoms with Crippen LogP contribution in [0.3, 0.4) is 0 Å². The minimum Gasteiger partial charge on any atom is -0.310 e. The van der Waals surface area contributed by atoms with Gasteiger partial charge in [-0.3, -0.25) is 0 Å². The molecule has 2 rings (SSSR count). The predicted molar refractivity (Wildman–Crippen MR) is 83.2 cm³/mol. The second-order valence-electron chi connectivity index (χ2n) is 4.58. The molecule has 1 heterocycles. The summed E-state index contributed by atoms with van der Waals surface area (Å²) in [7, 11) is 0. The quantitative estimate of drug-likeness (QED) is 0.792. The number of halogens is 3. The number of rotatable bonds is 5. The molecule has 0 fully saturated rings. The zero-order chi connectivity index (χ0) is 14.7. The van der Waals surface area contributed by atoms with Gasteiger partial charge in [0.15, 0.2) is 0 Å². The monoisotopic (exact) mass is 359 g/mol. The first-order chi connectivity index (χ1) is 9.52. The largest absolute Gasteiger partial charge is 0.310 e. The zero-order valence-electron chi connectivity index (χ0n) is 11.3. The van der Waals surface area contributed by atoms with Crippen LogP contribution in [-0.2, 0) is 6.42 Å². The van der Waals surface area contributed by atoms with Gasteiger partial charge in [0.25, 0.3) is 0 Å². The molecule has 1 aromatic carbocycles. The van der Waals surface area contributed by atoms with Crippen LogP contribution in [0.15, 0.2) is 28.1 Å². The fraction of sp³-hybridized carbons (Fsp3) is 0.333. The van der Waals surface area contributed by atoms with Crippen LogP contribution in [0, 0.1) is 18.6 Å². The molecular formula is C15H16BrF2NS. The molecule has 1 nitrogen and oxygen atoms in total. The fourth-order valence-corrected chi connectivity index (χ4v) is 4.05. The van der Waals surface area contributed by atoms with Crippen molar-refractivity contribution < 1.29 is 8.78 Å². The first kappa shape index (κ1) is 15.6. The third-order valence-electron chi connectivity index (χ3n) is 3.22. The van der Waals surface area contributed by atoms with E-state index < -0.39 is 11.6 Å². The van der Waals surface area contributed by atoms with Gasteiger partial charge in [-0.15, -0.1) is 11.3 Å². The summed E-state index contributed by atoms with van der Waals surface area (Å²) in [6, 6.07) is 5.93. The van der Waals surface area contributed by atoms with E-state index in [2.05, 4.69) is 21.2 Å². The Morgan fingerprint density at radius 1 is 1.30 bits per heavy atom. The van der Waals surface area contributed by atoms with Crippen molar-refractivity contribution in [2.75, 3.05) is 6.54 Å². The van der Waals surface area contributed by atoms with Gasteiger partial charge >= 0.3 is 0 Å². The average Bonchev–Trinajstić information content (AvgIpc) is 2.72. The van der Waals surface area contributed by atoms with Crippen molar-refractivity contribution >= 4 is 27.3 Å². The molecule has 0 saturated carbocycles. The summed E-state index contributed by atoms with van der Waals surface area (Å²) in [6.07, 6.45) is 0.302. The maximum absolute atomic E-state index is 13.8. The molecule has 0 amide bonds. The molecular weight excluding hydrogens is 344 g/mol. The molecule has 1 atom stereocenters. The number of hydrogen-bond acceptors (Lipinski definition) is 2. The second-order valence-corrected chi connectivity index (χ2v) is 7.21. The highest BCUT2D eigenvalue weighted by Crippen LogP contribution is 2.32. The van der Waals surface area contributed by atoms with E-state index >= 15 is 0 Å². The Bertz CT molecular complexity index is 577. The fourth-order valence-electron chi connectivity index (χ4n) is 2.27. The van der Waals surface area contributed by atoms with Crippen molar-refractivity contribution in [1.29, 1.82) is 0 Å². The summed E-state index contributed by atoms with van der Waals surface area (Å²) < 4.78 is 28.6. The molecule has 0 radical (unpaired) electrons. The van der Waals surface area contributed by atoms with Crippen LogP contribution in [0.5, 0.6) is 0 Å². The summed E-state index contributed by atoms with van der Waals surface area (Å²) in [5.74, 6) is -0.972. The van der Waals surface area contributed by atoms with Crippen LogP contribution in [0.1, 0.15) is 29.0 Å². The van der Waals surface area contributed by atoms with Crippen molar-refractivity contribution in [2.24, 2.45) is 0 Å². The van der Waals surface area contributed by atoms with E-state index in [9.17, 15) is 8.78 Å². The smallest absolute Gasteiger partial charge is 0.129 e. The molecule has 0 spiro atoms. The van der Waals surface area contributed by atoms with Crippen LogP contribution in [0.4, 0.5) is 8.78 Å². The molecule has 108 valence electrons. The van der Waals surface area contributed by atoms with Crippen molar-refractivity contribution in [3.05, 3.63) is 55.7 Å². The molecule has 0 saturated heterocycles. The van der Waals surface area contributed by atoms with Gasteiger partial charge in [0, 0.05) is 16.5 Å². The minimum atomic E-state index is -0.486. The normalized spacial score (nSPS) is 12.7. The van der Waals surface area contributed by atoms with Gasteiger partial charge in [-0.1, -0.05) is 13.0 Å². The molecule has 20 heavy (non-hydrogen) atoms. The van der Waals surface area contributed by atoms with Gasteiger partial charge in [0.1, 0.15) is 11.6 Å². The van der Waals surface area contributed by atoms with E-state index in [1.54, 1.807) is 11.3 Å². The molecule has 0 aliphatic rings. The number of hydrogen-bond donors (Lipinski definition) is 1. The highest BCUT2D eigenvalue weighted by molar-refractivity contribution is 9.11. The first-order valence-corrected chi connectivity index (χ1v) is 8.06. The Hall–Kier alpha value is -0.780. The van der Waals surface area contributed by atoms with E-state index in [-0.39, 0.29) is 11.6 Å². The predicted octanol–water partition coefficient (Wildman–Crippen LogP) is 4.99. The Labute approximate surface area is 130 Å². The summed E-state index contributed by atoms with van der Waals surface area (Å²) in [4.78, 5) is 1.15. The van der Waals surface area contributed by atoms with Gasteiger partial charge in [-0.2, -0.15) is 0 Å². The maximum atomic E-state index is 13.8. The third-order valence-corrected chi connectivity index (χ3v) is 4.79. The lowest BCUT2D eigenvalue weighted by atomic mass is 9.98. The average molecular weight is 360 g/mol. The van der Waals surface area contributed by atoms with Crippen molar-refractivity contribution in [1.82, 2.24) is 5.32 Å². The van der Waals surface area contributed by atoms with Crippen LogP contribution < -0.4 is 5.32 Å². The highest BCUT2D eigenvalue weighted by Gasteiger charge is 2.19. The van der Waals surface area contributed by atoms with E-state index in [1.165, 1.54) is 18.2 Å². The number of likely N-dealkylation sites (N-methyl/N-ethyl adjacent to an activating group) is 1. The standard InChI is InChI=1S/C15H16BrF2NS/c1-3-19-14(10-8-15(16)20-9(10)2)7-11-12(17)5-4-6-13(11)18/h4-6,8,14,19H,3,7H2,1-2H3. The number of nitrogens with one attached hydrogen (secondary N) is 1. The highest BCUT2D eigenvalue weighted by atomic mass is 79.9. The molecule has 0 aliphatic carbocycles. The maximum Gasteiger partial charge on any atom is 0.129 e. The Kier molecular flexibility index (Phi) is 5.29. The SMILES string of the molecule is CCNC(Cc1c(F)cccc1F)c1cc(Br)sc1C. The van der Waals surface area contributed by atoms with Crippen molar-refractivity contribution in [3.8, 4) is 0 Å². The molecule has 2 aromatic rings. The van der Waals surface area contributed by atoms with Gasteiger partial charge in [0.2, 0.25) is 0 Å².